The lowest BCUT2D eigenvalue weighted by molar-refractivity contribution is 0.475. The molecule has 1 aromatic heterocycles. The zero-order valence-corrected chi connectivity index (χ0v) is 15.8. The lowest BCUT2D eigenvalue weighted by Crippen LogP contribution is -2.38. The Bertz CT molecular complexity index is 867. The number of phenolic OH excluding ortho intramolecular Hbond substituents is 1. The van der Waals surface area contributed by atoms with Gasteiger partial charge in [0, 0.05) is 36.7 Å². The summed E-state index contributed by atoms with van der Waals surface area (Å²) in [6.45, 7) is 4.53. The fraction of sp³-hybridized carbons (Fsp3) is 0.318. The lowest BCUT2D eigenvalue weighted by Gasteiger charge is -2.11. The van der Waals surface area contributed by atoms with Crippen LogP contribution in [0.15, 0.2) is 59.7 Å². The molecule has 0 unspecified atom stereocenters. The molecule has 142 valence electrons. The molecule has 0 spiro atoms. The van der Waals surface area contributed by atoms with Crippen LogP contribution >= 0.6 is 0 Å². The molecule has 0 aliphatic heterocycles. The molecule has 0 aliphatic rings. The number of aryl methyl sites for hydroxylation is 1. The second-order valence-electron chi connectivity index (χ2n) is 6.57. The number of aliphatic imine (C=N–C) groups is 1. The topological polar surface area (TPSA) is 72.4 Å². The van der Waals surface area contributed by atoms with Crippen LogP contribution in [0, 0.1) is 0 Å². The highest BCUT2D eigenvalue weighted by atomic mass is 16.3. The van der Waals surface area contributed by atoms with Crippen LogP contribution in [0.3, 0.4) is 0 Å². The predicted octanol–water partition coefficient (Wildman–Crippen LogP) is 3.60. The van der Waals surface area contributed by atoms with Gasteiger partial charge in [-0.15, -0.1) is 0 Å². The Hall–Kier alpha value is -2.95. The van der Waals surface area contributed by atoms with Crippen LogP contribution in [0.25, 0.3) is 10.9 Å². The van der Waals surface area contributed by atoms with Crippen LogP contribution in [0.5, 0.6) is 5.75 Å². The Morgan fingerprint density at radius 2 is 1.85 bits per heavy atom. The molecule has 0 amide bonds. The number of aromatic amines is 1. The number of phenols is 1. The minimum atomic E-state index is 0.311. The molecule has 0 atom stereocenters. The number of fused-ring (bicyclic) bond motifs is 1. The lowest BCUT2D eigenvalue weighted by atomic mass is 10.1. The molecule has 5 heteroatoms. The molecular weight excluding hydrogens is 336 g/mol. The molecular formula is C22H28N4O. The van der Waals surface area contributed by atoms with Crippen LogP contribution in [0.1, 0.15) is 24.5 Å². The molecule has 0 saturated heterocycles. The van der Waals surface area contributed by atoms with Gasteiger partial charge in [-0.1, -0.05) is 30.3 Å². The average Bonchev–Trinajstić information content (AvgIpc) is 3.10. The third kappa shape index (κ3) is 5.51. The Balaban J connectivity index is 1.46. The van der Waals surface area contributed by atoms with E-state index < -0.39 is 0 Å². The summed E-state index contributed by atoms with van der Waals surface area (Å²) in [5.74, 6) is 1.17. The van der Waals surface area contributed by atoms with E-state index in [1.165, 1.54) is 22.0 Å². The number of aromatic hydroxyl groups is 1. The van der Waals surface area contributed by atoms with E-state index >= 15 is 0 Å². The number of rotatable bonds is 8. The van der Waals surface area contributed by atoms with Crippen LogP contribution in [-0.4, -0.2) is 35.7 Å². The van der Waals surface area contributed by atoms with Crippen LogP contribution in [-0.2, 0) is 12.8 Å². The Kier molecular flexibility index (Phi) is 6.74. The van der Waals surface area contributed by atoms with Crippen LogP contribution < -0.4 is 10.6 Å². The molecule has 2 aromatic carbocycles. The Morgan fingerprint density at radius 1 is 1.04 bits per heavy atom. The maximum Gasteiger partial charge on any atom is 0.191 e. The number of nitrogens with zero attached hydrogens (tertiary/aromatic N) is 1. The van der Waals surface area contributed by atoms with E-state index in [4.69, 9.17) is 0 Å². The van der Waals surface area contributed by atoms with Gasteiger partial charge in [0.15, 0.2) is 5.96 Å². The highest BCUT2D eigenvalue weighted by molar-refractivity contribution is 5.83. The van der Waals surface area contributed by atoms with E-state index in [1.807, 2.05) is 12.1 Å². The fourth-order valence-electron chi connectivity index (χ4n) is 3.13. The molecule has 0 aliphatic carbocycles. The van der Waals surface area contributed by atoms with Crippen molar-refractivity contribution < 1.29 is 5.11 Å². The summed E-state index contributed by atoms with van der Waals surface area (Å²) in [4.78, 5) is 7.99. The maximum absolute atomic E-state index is 9.33. The summed E-state index contributed by atoms with van der Waals surface area (Å²) in [6, 6.07) is 15.8. The largest absolute Gasteiger partial charge is 0.508 e. The molecule has 27 heavy (non-hydrogen) atoms. The summed E-state index contributed by atoms with van der Waals surface area (Å²) < 4.78 is 0. The first-order valence-electron chi connectivity index (χ1n) is 9.61. The first-order chi connectivity index (χ1) is 13.3. The van der Waals surface area contributed by atoms with Crippen molar-refractivity contribution in [2.45, 2.75) is 26.2 Å². The van der Waals surface area contributed by atoms with Crippen molar-refractivity contribution in [2.24, 2.45) is 4.99 Å². The zero-order chi connectivity index (χ0) is 18.9. The van der Waals surface area contributed by atoms with Gasteiger partial charge in [-0.3, -0.25) is 4.99 Å². The standard InChI is InChI=1S/C22H28N4O/c1-2-23-22(24-14-5-6-17-9-11-19(27)12-10-17)25-15-13-18-16-26-21-8-4-3-7-20(18)21/h3-4,7-12,16,26-27H,2,5-6,13-15H2,1H3,(H2,23,24,25). The molecule has 3 aromatic rings. The van der Waals surface area contributed by atoms with Gasteiger partial charge in [0.2, 0.25) is 0 Å². The van der Waals surface area contributed by atoms with Gasteiger partial charge in [0.05, 0.1) is 0 Å². The van der Waals surface area contributed by atoms with Crippen molar-refractivity contribution in [1.29, 1.82) is 0 Å². The summed E-state index contributed by atoms with van der Waals surface area (Å²) in [6.07, 6.45) is 4.97. The molecule has 3 rings (SSSR count). The smallest absolute Gasteiger partial charge is 0.191 e. The number of hydrogen-bond acceptors (Lipinski definition) is 2. The van der Waals surface area contributed by atoms with E-state index in [9.17, 15) is 5.11 Å². The normalized spacial score (nSPS) is 11.7. The summed E-state index contributed by atoms with van der Waals surface area (Å²) in [5, 5.41) is 17.3. The van der Waals surface area contributed by atoms with Crippen molar-refractivity contribution >= 4 is 16.9 Å². The van der Waals surface area contributed by atoms with Gasteiger partial charge in [0.25, 0.3) is 0 Å². The molecule has 1 heterocycles. The summed E-state index contributed by atoms with van der Waals surface area (Å²) >= 11 is 0. The minimum absolute atomic E-state index is 0.311. The number of aromatic nitrogens is 1. The zero-order valence-electron chi connectivity index (χ0n) is 15.8. The number of para-hydroxylation sites is 1. The van der Waals surface area contributed by atoms with Crippen molar-refractivity contribution in [3.63, 3.8) is 0 Å². The highest BCUT2D eigenvalue weighted by Gasteiger charge is 2.03. The van der Waals surface area contributed by atoms with Crippen LogP contribution in [0.4, 0.5) is 0 Å². The van der Waals surface area contributed by atoms with E-state index in [1.54, 1.807) is 12.1 Å². The second-order valence-corrected chi connectivity index (χ2v) is 6.57. The second kappa shape index (κ2) is 9.67. The van der Waals surface area contributed by atoms with Gasteiger partial charge in [0.1, 0.15) is 5.75 Å². The van der Waals surface area contributed by atoms with Gasteiger partial charge >= 0.3 is 0 Å². The van der Waals surface area contributed by atoms with Gasteiger partial charge in [-0.05, 0) is 55.5 Å². The third-order valence-electron chi connectivity index (χ3n) is 4.54. The predicted molar refractivity (Wildman–Crippen MR) is 112 cm³/mol. The molecule has 0 radical (unpaired) electrons. The number of hydrogen-bond donors (Lipinski definition) is 4. The van der Waals surface area contributed by atoms with E-state index in [2.05, 4.69) is 58.0 Å². The molecule has 4 N–H and O–H groups in total. The molecule has 5 nitrogen and oxygen atoms in total. The minimum Gasteiger partial charge on any atom is -0.508 e. The van der Waals surface area contributed by atoms with Crippen LogP contribution in [0.2, 0.25) is 0 Å². The quantitative estimate of drug-likeness (QED) is 0.280. The Morgan fingerprint density at radius 3 is 2.67 bits per heavy atom. The number of nitrogens with one attached hydrogen (secondary N) is 3. The van der Waals surface area contributed by atoms with Crippen molar-refractivity contribution in [1.82, 2.24) is 15.6 Å². The Labute approximate surface area is 160 Å². The van der Waals surface area contributed by atoms with Gasteiger partial charge in [-0.2, -0.15) is 0 Å². The highest BCUT2D eigenvalue weighted by Crippen LogP contribution is 2.17. The summed E-state index contributed by atoms with van der Waals surface area (Å²) in [5.41, 5.74) is 3.73. The van der Waals surface area contributed by atoms with Crippen molar-refractivity contribution in [2.75, 3.05) is 19.6 Å². The molecule has 0 bridgehead atoms. The van der Waals surface area contributed by atoms with Crippen molar-refractivity contribution in [3.8, 4) is 5.75 Å². The first kappa shape index (κ1) is 18.8. The molecule has 0 saturated carbocycles. The monoisotopic (exact) mass is 364 g/mol. The number of H-pyrrole nitrogens is 1. The summed E-state index contributed by atoms with van der Waals surface area (Å²) in [7, 11) is 0. The first-order valence-corrected chi connectivity index (χ1v) is 9.61. The molecule has 0 fully saturated rings. The van der Waals surface area contributed by atoms with E-state index in [0.29, 0.717) is 5.75 Å². The average molecular weight is 364 g/mol. The van der Waals surface area contributed by atoms with Gasteiger partial charge < -0.3 is 20.7 Å². The van der Waals surface area contributed by atoms with E-state index in [0.717, 1.165) is 44.9 Å². The fourth-order valence-corrected chi connectivity index (χ4v) is 3.13. The number of guanidine groups is 1. The maximum atomic E-state index is 9.33. The van der Waals surface area contributed by atoms with Gasteiger partial charge in [-0.25, -0.2) is 0 Å². The van der Waals surface area contributed by atoms with E-state index in [-0.39, 0.29) is 0 Å². The number of benzene rings is 2. The SMILES string of the molecule is CCNC(=NCCCc1ccc(O)cc1)NCCc1c[nH]c2ccccc12. The van der Waals surface area contributed by atoms with Crippen molar-refractivity contribution in [3.05, 3.63) is 65.9 Å². The third-order valence-corrected chi connectivity index (χ3v) is 4.54.